The molecule has 0 amide bonds. The zero-order chi connectivity index (χ0) is 12.8. The van der Waals surface area contributed by atoms with Crippen LogP contribution in [0.4, 0.5) is 0 Å². The summed E-state index contributed by atoms with van der Waals surface area (Å²) in [6.07, 6.45) is 3.23. The highest BCUT2D eigenvalue weighted by atomic mass is 16.5. The van der Waals surface area contributed by atoms with Gasteiger partial charge in [-0.3, -0.25) is 0 Å². The Morgan fingerprint density at radius 3 is 2.41 bits per heavy atom. The van der Waals surface area contributed by atoms with Gasteiger partial charge >= 0.3 is 0 Å². The number of aryl methyl sites for hydroxylation is 2. The van der Waals surface area contributed by atoms with Gasteiger partial charge in [-0.15, -0.1) is 0 Å². The molecule has 0 saturated carbocycles. The van der Waals surface area contributed by atoms with Crippen molar-refractivity contribution in [3.05, 3.63) is 35.4 Å². The largest absolute Gasteiger partial charge is 0.494 e. The first-order chi connectivity index (χ1) is 8.04. The molecule has 0 N–H and O–H groups in total. The van der Waals surface area contributed by atoms with Crippen LogP contribution in [0.25, 0.3) is 6.08 Å². The highest BCUT2D eigenvalue weighted by molar-refractivity contribution is 5.75. The minimum atomic E-state index is 0.211. The van der Waals surface area contributed by atoms with E-state index in [0.717, 1.165) is 12.2 Å². The molecule has 17 heavy (non-hydrogen) atoms. The monoisotopic (exact) mass is 232 g/mol. The van der Waals surface area contributed by atoms with E-state index < -0.39 is 0 Å². The van der Waals surface area contributed by atoms with E-state index >= 15 is 0 Å². The van der Waals surface area contributed by atoms with Gasteiger partial charge in [-0.25, -0.2) is 0 Å². The van der Waals surface area contributed by atoms with Gasteiger partial charge in [0, 0.05) is 6.42 Å². The fourth-order valence-corrected chi connectivity index (χ4v) is 1.85. The molecule has 0 unspecified atom stereocenters. The van der Waals surface area contributed by atoms with Crippen molar-refractivity contribution in [2.45, 2.75) is 33.6 Å². The smallest absolute Gasteiger partial charge is 0.129 e. The first-order valence-corrected chi connectivity index (χ1v) is 5.90. The van der Waals surface area contributed by atoms with E-state index in [-0.39, 0.29) is 5.78 Å². The maximum atomic E-state index is 10.8. The lowest BCUT2D eigenvalue weighted by Gasteiger charge is -2.10. The van der Waals surface area contributed by atoms with Crippen molar-refractivity contribution < 1.29 is 9.53 Å². The third-order valence-electron chi connectivity index (χ3n) is 2.71. The van der Waals surface area contributed by atoms with Crippen molar-refractivity contribution in [2.24, 2.45) is 0 Å². The van der Waals surface area contributed by atoms with Gasteiger partial charge in [-0.2, -0.15) is 0 Å². The molecule has 0 bridgehead atoms. The number of rotatable bonds is 6. The van der Waals surface area contributed by atoms with Crippen molar-refractivity contribution in [3.8, 4) is 5.75 Å². The summed E-state index contributed by atoms with van der Waals surface area (Å²) in [6, 6.07) is 4.02. The molecule has 0 aromatic heterocycles. The average Bonchev–Trinajstić information content (AvgIpc) is 2.24. The second-order valence-corrected chi connectivity index (χ2v) is 4.33. The Labute approximate surface area is 103 Å². The Kier molecular flexibility index (Phi) is 4.95. The van der Waals surface area contributed by atoms with Crippen molar-refractivity contribution in [3.63, 3.8) is 0 Å². The van der Waals surface area contributed by atoms with Crippen LogP contribution in [0.2, 0.25) is 0 Å². The van der Waals surface area contributed by atoms with E-state index in [1.807, 2.05) is 32.1 Å². The maximum Gasteiger partial charge on any atom is 0.129 e. The minimum Gasteiger partial charge on any atom is -0.494 e. The molecule has 0 heterocycles. The highest BCUT2D eigenvalue weighted by Gasteiger charge is 2.03. The van der Waals surface area contributed by atoms with Crippen LogP contribution in [0.1, 0.15) is 36.5 Å². The molecule has 1 aromatic rings. The molecule has 0 spiro atoms. The van der Waals surface area contributed by atoms with E-state index in [4.69, 9.17) is 4.74 Å². The van der Waals surface area contributed by atoms with Gasteiger partial charge in [-0.1, -0.05) is 12.7 Å². The van der Waals surface area contributed by atoms with Crippen LogP contribution in [0.15, 0.2) is 18.7 Å². The lowest BCUT2D eigenvalue weighted by molar-refractivity contribution is -0.117. The second-order valence-electron chi connectivity index (χ2n) is 4.33. The molecule has 92 valence electrons. The zero-order valence-corrected chi connectivity index (χ0v) is 10.9. The van der Waals surface area contributed by atoms with E-state index in [1.54, 1.807) is 6.92 Å². The Balaban J connectivity index is 2.61. The summed E-state index contributed by atoms with van der Waals surface area (Å²) >= 11 is 0. The quantitative estimate of drug-likeness (QED) is 0.699. The van der Waals surface area contributed by atoms with E-state index in [0.29, 0.717) is 13.0 Å². The molecule has 0 fully saturated rings. The van der Waals surface area contributed by atoms with Crippen LogP contribution in [0.5, 0.6) is 5.75 Å². The van der Waals surface area contributed by atoms with Crippen LogP contribution in [0.3, 0.4) is 0 Å². The number of carbonyl (C=O) groups is 1. The predicted octanol–water partition coefficient (Wildman–Crippen LogP) is 3.69. The average molecular weight is 232 g/mol. The van der Waals surface area contributed by atoms with Gasteiger partial charge in [0.15, 0.2) is 0 Å². The summed E-state index contributed by atoms with van der Waals surface area (Å²) in [5, 5.41) is 0. The van der Waals surface area contributed by atoms with E-state index in [9.17, 15) is 4.79 Å². The molecule has 0 aliphatic carbocycles. The maximum absolute atomic E-state index is 10.8. The molecular formula is C15H20O2. The molecule has 1 rings (SSSR count). The number of hydrogen-bond acceptors (Lipinski definition) is 2. The molecule has 0 radical (unpaired) electrons. The number of ketones is 1. The minimum absolute atomic E-state index is 0.211. The summed E-state index contributed by atoms with van der Waals surface area (Å²) < 4.78 is 5.63. The predicted molar refractivity (Wildman–Crippen MR) is 71.4 cm³/mol. The Morgan fingerprint density at radius 2 is 1.94 bits per heavy atom. The zero-order valence-electron chi connectivity index (χ0n) is 10.9. The third kappa shape index (κ3) is 4.06. The van der Waals surface area contributed by atoms with E-state index in [2.05, 4.69) is 6.58 Å². The van der Waals surface area contributed by atoms with Gasteiger partial charge in [0.25, 0.3) is 0 Å². The Morgan fingerprint density at radius 1 is 1.35 bits per heavy atom. The summed E-state index contributed by atoms with van der Waals surface area (Å²) in [6.45, 7) is 10.1. The molecule has 2 nitrogen and oxygen atoms in total. The number of ether oxygens (including phenoxy) is 1. The van der Waals surface area contributed by atoms with Crippen LogP contribution in [-0.2, 0) is 4.79 Å². The highest BCUT2D eigenvalue weighted by Crippen LogP contribution is 2.22. The molecule has 2 heteroatoms. The van der Waals surface area contributed by atoms with Gasteiger partial charge < -0.3 is 9.53 Å². The topological polar surface area (TPSA) is 26.3 Å². The van der Waals surface area contributed by atoms with Crippen LogP contribution < -0.4 is 4.74 Å². The van der Waals surface area contributed by atoms with Crippen LogP contribution >= 0.6 is 0 Å². The Hall–Kier alpha value is -1.57. The molecule has 0 aliphatic rings. The van der Waals surface area contributed by atoms with Gasteiger partial charge in [-0.05, 0) is 56.0 Å². The second kappa shape index (κ2) is 6.24. The molecule has 1 aromatic carbocycles. The number of benzene rings is 1. The standard InChI is InChI=1S/C15H20O2/c1-5-15-11(2)9-14(10-12(15)3)17-8-6-7-13(4)16/h5,9-10H,1,6-8H2,2-4H3. The number of hydrogen-bond donors (Lipinski definition) is 0. The van der Waals surface area contributed by atoms with Crippen LogP contribution in [0, 0.1) is 13.8 Å². The SMILES string of the molecule is C=Cc1c(C)cc(OCCCC(C)=O)cc1C. The fraction of sp³-hybridized carbons (Fsp3) is 0.400. The van der Waals surface area contributed by atoms with Gasteiger partial charge in [0.1, 0.15) is 11.5 Å². The fourth-order valence-electron chi connectivity index (χ4n) is 1.85. The lowest BCUT2D eigenvalue weighted by atomic mass is 10.0. The van der Waals surface area contributed by atoms with Crippen LogP contribution in [-0.4, -0.2) is 12.4 Å². The molecular weight excluding hydrogens is 212 g/mol. The van der Waals surface area contributed by atoms with Crippen molar-refractivity contribution in [2.75, 3.05) is 6.61 Å². The normalized spacial score (nSPS) is 10.1. The van der Waals surface area contributed by atoms with Gasteiger partial charge in [0.2, 0.25) is 0 Å². The number of Topliss-reactive ketones (excluding diaryl/α,β-unsaturated/α-hetero) is 1. The first-order valence-electron chi connectivity index (χ1n) is 5.90. The molecule has 0 atom stereocenters. The first kappa shape index (κ1) is 13.5. The summed E-state index contributed by atoms with van der Waals surface area (Å²) in [4.78, 5) is 10.8. The van der Waals surface area contributed by atoms with Crippen molar-refractivity contribution in [1.29, 1.82) is 0 Å². The third-order valence-corrected chi connectivity index (χ3v) is 2.71. The van der Waals surface area contributed by atoms with Crippen molar-refractivity contribution in [1.82, 2.24) is 0 Å². The Bertz CT molecular complexity index is 396. The lowest BCUT2D eigenvalue weighted by Crippen LogP contribution is -2.01. The summed E-state index contributed by atoms with van der Waals surface area (Å²) in [5.41, 5.74) is 3.50. The summed E-state index contributed by atoms with van der Waals surface area (Å²) in [7, 11) is 0. The summed E-state index contributed by atoms with van der Waals surface area (Å²) in [5.74, 6) is 1.08. The van der Waals surface area contributed by atoms with Crippen molar-refractivity contribution >= 4 is 11.9 Å². The number of carbonyl (C=O) groups excluding carboxylic acids is 1. The van der Waals surface area contributed by atoms with Gasteiger partial charge in [0.05, 0.1) is 6.61 Å². The molecule has 0 aliphatic heterocycles. The van der Waals surface area contributed by atoms with E-state index in [1.165, 1.54) is 16.7 Å². The molecule has 0 saturated heterocycles.